The predicted molar refractivity (Wildman–Crippen MR) is 86.8 cm³/mol. The molecule has 0 aliphatic carbocycles. The molecule has 20 heavy (non-hydrogen) atoms. The summed E-state index contributed by atoms with van der Waals surface area (Å²) in [6.45, 7) is 9.95. The number of likely N-dealkylation sites (tertiary alicyclic amines) is 1. The fourth-order valence-electron chi connectivity index (χ4n) is 3.64. The van der Waals surface area contributed by atoms with Gasteiger partial charge in [0.2, 0.25) is 0 Å². The van der Waals surface area contributed by atoms with Crippen LogP contribution in [0.4, 0.5) is 0 Å². The van der Waals surface area contributed by atoms with Gasteiger partial charge in [-0.25, -0.2) is 0 Å². The lowest BCUT2D eigenvalue weighted by Crippen LogP contribution is -2.43. The van der Waals surface area contributed by atoms with E-state index < -0.39 is 0 Å². The number of rotatable bonds is 5. The van der Waals surface area contributed by atoms with Gasteiger partial charge in [0.15, 0.2) is 0 Å². The summed E-state index contributed by atoms with van der Waals surface area (Å²) in [7, 11) is 0. The number of nitrogens with zero attached hydrogens (tertiary/aromatic N) is 1. The molecule has 0 radical (unpaired) electrons. The van der Waals surface area contributed by atoms with Gasteiger partial charge in [-0.15, -0.1) is 0 Å². The molecule has 0 spiro atoms. The van der Waals surface area contributed by atoms with Crippen molar-refractivity contribution in [3.8, 4) is 0 Å². The monoisotopic (exact) mass is 274 g/mol. The smallest absolute Gasteiger partial charge is 0.0470 e. The number of benzene rings is 1. The number of nitrogens with two attached hydrogens (primary N) is 1. The SMILES string of the molecule is CCC1(CC)CCN(C(CN)c2cccc(C)c2)CC1. The molecule has 2 nitrogen and oxygen atoms in total. The van der Waals surface area contributed by atoms with Gasteiger partial charge in [0.25, 0.3) is 0 Å². The van der Waals surface area contributed by atoms with E-state index in [1.54, 1.807) is 0 Å². The van der Waals surface area contributed by atoms with E-state index in [4.69, 9.17) is 5.73 Å². The van der Waals surface area contributed by atoms with Crippen molar-refractivity contribution in [3.63, 3.8) is 0 Å². The van der Waals surface area contributed by atoms with E-state index in [-0.39, 0.29) is 0 Å². The highest BCUT2D eigenvalue weighted by Gasteiger charge is 2.33. The molecule has 1 atom stereocenters. The lowest BCUT2D eigenvalue weighted by molar-refractivity contribution is 0.0679. The zero-order valence-corrected chi connectivity index (χ0v) is 13.4. The second-order valence-electron chi connectivity index (χ2n) is 6.41. The summed E-state index contributed by atoms with van der Waals surface area (Å²) in [5.41, 5.74) is 9.37. The third-order valence-electron chi connectivity index (χ3n) is 5.45. The molecular formula is C18H30N2. The largest absolute Gasteiger partial charge is 0.329 e. The molecule has 1 unspecified atom stereocenters. The Morgan fingerprint density at radius 3 is 2.35 bits per heavy atom. The van der Waals surface area contributed by atoms with Crippen molar-refractivity contribution < 1.29 is 0 Å². The Hall–Kier alpha value is -0.860. The van der Waals surface area contributed by atoms with Crippen molar-refractivity contribution >= 4 is 0 Å². The first-order chi connectivity index (χ1) is 9.64. The van der Waals surface area contributed by atoms with Crippen LogP contribution in [0.1, 0.15) is 56.7 Å². The van der Waals surface area contributed by atoms with Gasteiger partial charge >= 0.3 is 0 Å². The first-order valence-electron chi connectivity index (χ1n) is 8.15. The van der Waals surface area contributed by atoms with Gasteiger partial charge in [0, 0.05) is 12.6 Å². The van der Waals surface area contributed by atoms with Crippen LogP contribution in [0.2, 0.25) is 0 Å². The molecule has 0 amide bonds. The van der Waals surface area contributed by atoms with E-state index in [1.807, 2.05) is 0 Å². The quantitative estimate of drug-likeness (QED) is 0.882. The van der Waals surface area contributed by atoms with Crippen molar-refractivity contribution in [2.75, 3.05) is 19.6 Å². The lowest BCUT2D eigenvalue weighted by Gasteiger charge is -2.44. The summed E-state index contributed by atoms with van der Waals surface area (Å²) in [5.74, 6) is 0. The molecule has 1 fully saturated rings. The minimum atomic E-state index is 0.390. The number of hydrogen-bond acceptors (Lipinski definition) is 2. The zero-order valence-electron chi connectivity index (χ0n) is 13.4. The highest BCUT2D eigenvalue weighted by Crippen LogP contribution is 2.39. The Morgan fingerprint density at radius 1 is 1.20 bits per heavy atom. The highest BCUT2D eigenvalue weighted by atomic mass is 15.2. The van der Waals surface area contributed by atoms with E-state index in [0.717, 1.165) is 0 Å². The Kier molecular flexibility index (Phi) is 5.22. The minimum Gasteiger partial charge on any atom is -0.329 e. The second-order valence-corrected chi connectivity index (χ2v) is 6.41. The fraction of sp³-hybridized carbons (Fsp3) is 0.667. The average molecular weight is 274 g/mol. The fourth-order valence-corrected chi connectivity index (χ4v) is 3.64. The summed E-state index contributed by atoms with van der Waals surface area (Å²) >= 11 is 0. The lowest BCUT2D eigenvalue weighted by atomic mass is 9.74. The summed E-state index contributed by atoms with van der Waals surface area (Å²) < 4.78 is 0. The van der Waals surface area contributed by atoms with Crippen molar-refractivity contribution in [2.45, 2.75) is 52.5 Å². The number of hydrogen-bond donors (Lipinski definition) is 1. The van der Waals surface area contributed by atoms with Crippen LogP contribution in [0.25, 0.3) is 0 Å². The Bertz CT molecular complexity index is 413. The molecule has 1 aromatic carbocycles. The standard InChI is InChI=1S/C18H30N2/c1-4-18(5-2)9-11-20(12-10-18)17(14-19)16-8-6-7-15(3)13-16/h6-8,13,17H,4-5,9-12,14,19H2,1-3H3. The molecule has 1 heterocycles. The third-order valence-corrected chi connectivity index (χ3v) is 5.45. The summed E-state index contributed by atoms with van der Waals surface area (Å²) in [6.07, 6.45) is 5.27. The molecule has 1 aliphatic heterocycles. The summed E-state index contributed by atoms with van der Waals surface area (Å²) in [5, 5.41) is 0. The van der Waals surface area contributed by atoms with Crippen LogP contribution >= 0.6 is 0 Å². The van der Waals surface area contributed by atoms with Crippen LogP contribution in [-0.2, 0) is 0 Å². The van der Waals surface area contributed by atoms with Gasteiger partial charge in [0.1, 0.15) is 0 Å². The maximum Gasteiger partial charge on any atom is 0.0470 e. The molecule has 1 saturated heterocycles. The van der Waals surface area contributed by atoms with Crippen molar-refractivity contribution in [3.05, 3.63) is 35.4 Å². The zero-order chi connectivity index (χ0) is 14.6. The van der Waals surface area contributed by atoms with Crippen LogP contribution in [0.3, 0.4) is 0 Å². The molecule has 0 aromatic heterocycles. The van der Waals surface area contributed by atoms with Crippen LogP contribution in [-0.4, -0.2) is 24.5 Å². The van der Waals surface area contributed by atoms with Gasteiger partial charge in [-0.3, -0.25) is 4.90 Å². The van der Waals surface area contributed by atoms with E-state index in [9.17, 15) is 0 Å². The van der Waals surface area contributed by atoms with Crippen LogP contribution in [0.15, 0.2) is 24.3 Å². The van der Waals surface area contributed by atoms with E-state index in [2.05, 4.69) is 49.9 Å². The normalized spacial score (nSPS) is 20.8. The Labute approximate surface area is 124 Å². The maximum atomic E-state index is 6.08. The first-order valence-corrected chi connectivity index (χ1v) is 8.15. The molecule has 1 aliphatic rings. The van der Waals surface area contributed by atoms with Crippen LogP contribution < -0.4 is 5.73 Å². The first kappa shape index (κ1) is 15.5. The highest BCUT2D eigenvalue weighted by molar-refractivity contribution is 5.25. The molecule has 2 heteroatoms. The minimum absolute atomic E-state index is 0.390. The van der Waals surface area contributed by atoms with Gasteiger partial charge in [-0.2, -0.15) is 0 Å². The number of piperidine rings is 1. The summed E-state index contributed by atoms with van der Waals surface area (Å²) in [4.78, 5) is 2.60. The summed E-state index contributed by atoms with van der Waals surface area (Å²) in [6, 6.07) is 9.22. The topological polar surface area (TPSA) is 29.3 Å². The molecule has 0 saturated carbocycles. The van der Waals surface area contributed by atoms with E-state index in [1.165, 1.54) is 49.9 Å². The van der Waals surface area contributed by atoms with Crippen molar-refractivity contribution in [1.29, 1.82) is 0 Å². The molecule has 112 valence electrons. The average Bonchev–Trinajstić information content (AvgIpc) is 2.49. The van der Waals surface area contributed by atoms with Gasteiger partial charge < -0.3 is 5.73 Å². The van der Waals surface area contributed by atoms with Crippen LogP contribution in [0.5, 0.6) is 0 Å². The molecule has 1 aromatic rings. The molecule has 0 bridgehead atoms. The third kappa shape index (κ3) is 3.24. The van der Waals surface area contributed by atoms with E-state index in [0.29, 0.717) is 18.0 Å². The number of aryl methyl sites for hydroxylation is 1. The van der Waals surface area contributed by atoms with Gasteiger partial charge in [0.05, 0.1) is 0 Å². The Morgan fingerprint density at radius 2 is 1.85 bits per heavy atom. The molecule has 2 N–H and O–H groups in total. The van der Waals surface area contributed by atoms with E-state index >= 15 is 0 Å². The van der Waals surface area contributed by atoms with Gasteiger partial charge in [-0.05, 0) is 43.8 Å². The van der Waals surface area contributed by atoms with Crippen LogP contribution in [0, 0.1) is 12.3 Å². The van der Waals surface area contributed by atoms with Crippen molar-refractivity contribution in [2.24, 2.45) is 11.1 Å². The van der Waals surface area contributed by atoms with Gasteiger partial charge in [-0.1, -0.05) is 56.5 Å². The molecular weight excluding hydrogens is 244 g/mol. The maximum absolute atomic E-state index is 6.08. The molecule has 2 rings (SSSR count). The second kappa shape index (κ2) is 6.73. The predicted octanol–water partition coefficient (Wildman–Crippen LogP) is 3.90. The van der Waals surface area contributed by atoms with Crippen molar-refractivity contribution in [1.82, 2.24) is 4.90 Å². The Balaban J connectivity index is 2.07.